The van der Waals surface area contributed by atoms with Gasteiger partial charge in [0.2, 0.25) is 0 Å². The molecule has 2 rings (SSSR count). The first-order chi connectivity index (χ1) is 11.4. The summed E-state index contributed by atoms with van der Waals surface area (Å²) < 4.78 is 5.64. The van der Waals surface area contributed by atoms with Crippen LogP contribution in [0.4, 0.5) is 0 Å². The summed E-state index contributed by atoms with van der Waals surface area (Å²) in [6, 6.07) is 7.02. The van der Waals surface area contributed by atoms with Gasteiger partial charge in [-0.05, 0) is 32.9 Å². The van der Waals surface area contributed by atoms with Crippen LogP contribution in [0.2, 0.25) is 0 Å². The van der Waals surface area contributed by atoms with E-state index in [1.165, 1.54) is 25.6 Å². The Morgan fingerprint density at radius 1 is 1.21 bits per heavy atom. The summed E-state index contributed by atoms with van der Waals surface area (Å²) in [5, 5.41) is 0.396. The number of rotatable bonds is 7. The van der Waals surface area contributed by atoms with Crippen LogP contribution in [0.25, 0.3) is 0 Å². The zero-order valence-electron chi connectivity index (χ0n) is 13.7. The van der Waals surface area contributed by atoms with Gasteiger partial charge in [0.15, 0.2) is 11.6 Å². The Bertz CT molecular complexity index is 830. The summed E-state index contributed by atoms with van der Waals surface area (Å²) >= 11 is 1.28. The third-order valence-electron chi connectivity index (χ3n) is 3.28. The monoisotopic (exact) mass is 346 g/mol. The van der Waals surface area contributed by atoms with E-state index in [4.69, 9.17) is 4.74 Å². The lowest BCUT2D eigenvalue weighted by atomic mass is 10.1. The van der Waals surface area contributed by atoms with Gasteiger partial charge in [-0.1, -0.05) is 12.1 Å². The molecule has 2 aromatic rings. The summed E-state index contributed by atoms with van der Waals surface area (Å²) in [5.74, 6) is 0.792. The van der Waals surface area contributed by atoms with Gasteiger partial charge in [-0.15, -0.1) is 11.8 Å². The number of nitrogens with zero attached hydrogens (tertiary/aromatic N) is 1. The van der Waals surface area contributed by atoms with Crippen molar-refractivity contribution in [3.8, 4) is 5.75 Å². The van der Waals surface area contributed by atoms with Gasteiger partial charge in [-0.3, -0.25) is 9.59 Å². The molecule has 6 nitrogen and oxygen atoms in total. The highest BCUT2D eigenvalue weighted by Crippen LogP contribution is 2.22. The molecule has 24 heavy (non-hydrogen) atoms. The first-order valence-corrected chi connectivity index (χ1v) is 8.36. The molecular formula is C17H18N2O4S. The highest BCUT2D eigenvalue weighted by atomic mass is 32.2. The normalized spacial score (nSPS) is 10.5. The van der Waals surface area contributed by atoms with Gasteiger partial charge in [-0.2, -0.15) is 4.98 Å². The fourth-order valence-electron chi connectivity index (χ4n) is 2.25. The molecule has 1 N–H and O–H groups in total. The van der Waals surface area contributed by atoms with Gasteiger partial charge < -0.3 is 9.72 Å². The fourth-order valence-corrected chi connectivity index (χ4v) is 3.20. The van der Waals surface area contributed by atoms with Crippen molar-refractivity contribution in [1.29, 1.82) is 0 Å². The topological polar surface area (TPSA) is 89.1 Å². The molecule has 0 unspecified atom stereocenters. The highest BCUT2D eigenvalue weighted by molar-refractivity contribution is 7.99. The molecule has 0 aliphatic rings. The fraction of sp³-hybridized carbons (Fsp3) is 0.294. The summed E-state index contributed by atoms with van der Waals surface area (Å²) in [5.41, 5.74) is 0.969. The molecule has 1 aromatic carbocycles. The van der Waals surface area contributed by atoms with Crippen molar-refractivity contribution in [3.05, 3.63) is 51.6 Å². The third kappa shape index (κ3) is 4.32. The summed E-state index contributed by atoms with van der Waals surface area (Å²) in [6.45, 7) is 4.91. The molecule has 0 saturated carbocycles. The molecule has 0 aliphatic carbocycles. The zero-order valence-corrected chi connectivity index (χ0v) is 14.5. The first kappa shape index (κ1) is 17.9. The highest BCUT2D eigenvalue weighted by Gasteiger charge is 2.14. The summed E-state index contributed by atoms with van der Waals surface area (Å²) in [7, 11) is 0. The van der Waals surface area contributed by atoms with Gasteiger partial charge in [0.25, 0.3) is 0 Å². The predicted octanol–water partition coefficient (Wildman–Crippen LogP) is 2.65. The number of aromatic amines is 1. The second-order valence-corrected chi connectivity index (χ2v) is 6.24. The molecule has 0 radical (unpaired) electrons. The van der Waals surface area contributed by atoms with Crippen LogP contribution in [-0.4, -0.2) is 33.9 Å². The molecule has 1 heterocycles. The standard InChI is InChI=1S/C17H18N2O4S/c1-10-15(12(3)21)16(19-17(22)18-10)24-9-8-23-14-7-5-4-6-13(14)11(2)20/h4-7H,8-9H2,1-3H3,(H,18,19,22). The number of aromatic nitrogens is 2. The van der Waals surface area contributed by atoms with Crippen molar-refractivity contribution >= 4 is 23.3 Å². The van der Waals surface area contributed by atoms with E-state index < -0.39 is 5.69 Å². The number of Topliss-reactive ketones (excluding diaryl/α,β-unsaturated/α-hetero) is 2. The molecule has 7 heteroatoms. The van der Waals surface area contributed by atoms with E-state index >= 15 is 0 Å². The average molecular weight is 346 g/mol. The Kier molecular flexibility index (Phi) is 5.92. The van der Waals surface area contributed by atoms with Gasteiger partial charge in [0.05, 0.1) is 17.7 Å². The lowest BCUT2D eigenvalue weighted by molar-refractivity contribution is 0.1000. The number of H-pyrrole nitrogens is 1. The average Bonchev–Trinajstić information content (AvgIpc) is 2.50. The minimum Gasteiger partial charge on any atom is -0.492 e. The number of hydrogen-bond acceptors (Lipinski definition) is 6. The number of ether oxygens (including phenoxy) is 1. The quantitative estimate of drug-likeness (QED) is 0.359. The molecule has 0 amide bonds. The van der Waals surface area contributed by atoms with Crippen LogP contribution in [0, 0.1) is 6.92 Å². The maximum atomic E-state index is 11.7. The summed E-state index contributed by atoms with van der Waals surface area (Å²) in [6.07, 6.45) is 0. The van der Waals surface area contributed by atoms with Gasteiger partial charge in [-0.25, -0.2) is 4.79 Å². The second kappa shape index (κ2) is 7.92. The number of benzene rings is 1. The molecule has 0 bridgehead atoms. The van der Waals surface area contributed by atoms with Crippen LogP contribution >= 0.6 is 11.8 Å². The molecule has 0 saturated heterocycles. The van der Waals surface area contributed by atoms with Crippen molar-refractivity contribution in [2.45, 2.75) is 25.8 Å². The van der Waals surface area contributed by atoms with E-state index in [9.17, 15) is 14.4 Å². The van der Waals surface area contributed by atoms with Crippen LogP contribution in [-0.2, 0) is 0 Å². The van der Waals surface area contributed by atoms with E-state index in [1.54, 1.807) is 31.2 Å². The van der Waals surface area contributed by atoms with Gasteiger partial charge >= 0.3 is 5.69 Å². The third-order valence-corrected chi connectivity index (χ3v) is 4.22. The molecule has 0 atom stereocenters. The van der Waals surface area contributed by atoms with Crippen LogP contribution in [0.1, 0.15) is 40.3 Å². The van der Waals surface area contributed by atoms with Crippen molar-refractivity contribution < 1.29 is 14.3 Å². The maximum absolute atomic E-state index is 11.7. The minimum atomic E-state index is -0.483. The summed E-state index contributed by atoms with van der Waals surface area (Å²) in [4.78, 5) is 41.2. The van der Waals surface area contributed by atoms with E-state index in [1.807, 2.05) is 0 Å². The first-order valence-electron chi connectivity index (χ1n) is 7.37. The van der Waals surface area contributed by atoms with E-state index in [-0.39, 0.29) is 11.6 Å². The Labute approximate surface area is 143 Å². The van der Waals surface area contributed by atoms with E-state index in [2.05, 4.69) is 9.97 Å². The van der Waals surface area contributed by atoms with Crippen molar-refractivity contribution in [2.75, 3.05) is 12.4 Å². The molecule has 0 spiro atoms. The van der Waals surface area contributed by atoms with Crippen LogP contribution in [0.3, 0.4) is 0 Å². The van der Waals surface area contributed by atoms with Gasteiger partial charge in [0, 0.05) is 11.4 Å². The Hall–Kier alpha value is -2.41. The predicted molar refractivity (Wildman–Crippen MR) is 92.3 cm³/mol. The number of aryl methyl sites for hydroxylation is 1. The minimum absolute atomic E-state index is 0.0657. The Morgan fingerprint density at radius 3 is 2.58 bits per heavy atom. The largest absolute Gasteiger partial charge is 0.492 e. The second-order valence-electron chi connectivity index (χ2n) is 5.15. The number of para-hydroxylation sites is 1. The number of carbonyl (C=O) groups is 2. The lowest BCUT2D eigenvalue weighted by Crippen LogP contribution is -2.17. The molecular weight excluding hydrogens is 328 g/mol. The molecule has 1 aromatic heterocycles. The van der Waals surface area contributed by atoms with Crippen LogP contribution in [0.15, 0.2) is 34.1 Å². The van der Waals surface area contributed by atoms with E-state index in [0.29, 0.717) is 40.0 Å². The van der Waals surface area contributed by atoms with Crippen molar-refractivity contribution in [3.63, 3.8) is 0 Å². The van der Waals surface area contributed by atoms with Gasteiger partial charge in [0.1, 0.15) is 10.8 Å². The number of nitrogens with one attached hydrogen (secondary N) is 1. The molecule has 0 fully saturated rings. The Morgan fingerprint density at radius 2 is 1.92 bits per heavy atom. The zero-order chi connectivity index (χ0) is 17.7. The SMILES string of the molecule is CC(=O)c1ccccc1OCCSc1nc(=O)[nH]c(C)c1C(C)=O. The lowest BCUT2D eigenvalue weighted by Gasteiger charge is -2.10. The number of hydrogen-bond donors (Lipinski definition) is 1. The molecule has 126 valence electrons. The van der Waals surface area contributed by atoms with E-state index in [0.717, 1.165) is 0 Å². The van der Waals surface area contributed by atoms with Crippen LogP contribution < -0.4 is 10.4 Å². The number of carbonyl (C=O) groups excluding carboxylic acids is 2. The van der Waals surface area contributed by atoms with Crippen molar-refractivity contribution in [2.24, 2.45) is 0 Å². The number of ketones is 2. The number of thioether (sulfide) groups is 1. The Balaban J connectivity index is 2.05. The molecule has 0 aliphatic heterocycles. The van der Waals surface area contributed by atoms with Crippen molar-refractivity contribution in [1.82, 2.24) is 9.97 Å². The van der Waals surface area contributed by atoms with Crippen LogP contribution in [0.5, 0.6) is 5.75 Å². The maximum Gasteiger partial charge on any atom is 0.346 e. The smallest absolute Gasteiger partial charge is 0.346 e.